The molecule has 0 fully saturated rings. The molecule has 1 nitrogen and oxygen atoms in total. The van der Waals surface area contributed by atoms with E-state index >= 15 is 0 Å². The normalized spacial score (nSPS) is 11.8. The molecular formula is C18H30O. The molecule has 108 valence electrons. The number of phenols is 1. The molecule has 0 aliphatic rings. The van der Waals surface area contributed by atoms with Crippen LogP contribution in [0.15, 0.2) is 18.2 Å². The number of phenolic OH excluding ortho intramolecular Hbond substituents is 1. The fourth-order valence-corrected chi connectivity index (χ4v) is 2.45. The van der Waals surface area contributed by atoms with Gasteiger partial charge in [0.05, 0.1) is 0 Å². The molecule has 1 N–H and O–H groups in total. The van der Waals surface area contributed by atoms with Gasteiger partial charge in [0.1, 0.15) is 5.75 Å². The first kappa shape index (κ1) is 16.1. The number of hydrogen-bond acceptors (Lipinski definition) is 1. The Morgan fingerprint density at radius 3 is 2.21 bits per heavy atom. The predicted octanol–water partition coefficient (Wildman–Crippen LogP) is 5.59. The minimum Gasteiger partial charge on any atom is -0.508 e. The van der Waals surface area contributed by atoms with E-state index in [2.05, 4.69) is 39.8 Å². The molecule has 0 unspecified atom stereocenters. The third-order valence-electron chi connectivity index (χ3n) is 3.69. The van der Waals surface area contributed by atoms with Gasteiger partial charge in [-0.15, -0.1) is 0 Å². The maximum atomic E-state index is 9.94. The third kappa shape index (κ3) is 5.67. The lowest BCUT2D eigenvalue weighted by Gasteiger charge is -2.21. The Balaban J connectivity index is 2.47. The molecule has 1 aromatic rings. The van der Waals surface area contributed by atoms with Crippen LogP contribution in [-0.4, -0.2) is 5.11 Å². The van der Waals surface area contributed by atoms with Gasteiger partial charge in [-0.25, -0.2) is 0 Å². The lowest BCUT2D eigenvalue weighted by molar-refractivity contribution is 0.446. The molecule has 19 heavy (non-hydrogen) atoms. The Labute approximate surface area is 119 Å². The van der Waals surface area contributed by atoms with E-state index in [1.54, 1.807) is 0 Å². The van der Waals surface area contributed by atoms with E-state index in [1.807, 2.05) is 6.07 Å². The highest BCUT2D eigenvalue weighted by molar-refractivity contribution is 5.40. The average Bonchev–Trinajstić information content (AvgIpc) is 2.34. The molecule has 0 aliphatic heterocycles. The second-order valence-electron chi connectivity index (χ2n) is 6.62. The molecule has 0 saturated heterocycles. The fourth-order valence-electron chi connectivity index (χ4n) is 2.45. The van der Waals surface area contributed by atoms with Gasteiger partial charge in [-0.1, -0.05) is 71.9 Å². The molecule has 0 aromatic heterocycles. The van der Waals surface area contributed by atoms with Gasteiger partial charge in [-0.2, -0.15) is 0 Å². The first-order valence-corrected chi connectivity index (χ1v) is 7.77. The summed E-state index contributed by atoms with van der Waals surface area (Å²) in [5.41, 5.74) is 2.44. The van der Waals surface area contributed by atoms with E-state index in [-0.39, 0.29) is 5.41 Å². The van der Waals surface area contributed by atoms with Gasteiger partial charge < -0.3 is 5.11 Å². The molecular weight excluding hydrogens is 232 g/mol. The standard InChI is InChI=1S/C18H30O/c1-5-6-7-8-9-10-11-15-12-13-17(19)16(14-15)18(2,3)4/h12-14,19H,5-11H2,1-4H3. The second-order valence-corrected chi connectivity index (χ2v) is 6.62. The van der Waals surface area contributed by atoms with Gasteiger partial charge in [-0.3, -0.25) is 0 Å². The smallest absolute Gasteiger partial charge is 0.119 e. The van der Waals surface area contributed by atoms with Crippen LogP contribution in [0, 0.1) is 0 Å². The molecule has 0 aliphatic carbocycles. The van der Waals surface area contributed by atoms with Crippen molar-refractivity contribution in [3.8, 4) is 5.75 Å². The molecule has 1 rings (SSSR count). The number of benzene rings is 1. The zero-order chi connectivity index (χ0) is 14.3. The van der Waals surface area contributed by atoms with E-state index in [0.29, 0.717) is 5.75 Å². The quantitative estimate of drug-likeness (QED) is 0.635. The van der Waals surface area contributed by atoms with Crippen molar-refractivity contribution in [3.05, 3.63) is 29.3 Å². The Hall–Kier alpha value is -0.980. The maximum absolute atomic E-state index is 9.94. The Kier molecular flexibility index (Phi) is 6.41. The molecule has 0 radical (unpaired) electrons. The Morgan fingerprint density at radius 1 is 0.947 bits per heavy atom. The Morgan fingerprint density at radius 2 is 1.58 bits per heavy atom. The molecule has 0 heterocycles. The summed E-state index contributed by atoms with van der Waals surface area (Å²) in [6, 6.07) is 6.10. The highest BCUT2D eigenvalue weighted by atomic mass is 16.3. The van der Waals surface area contributed by atoms with Crippen molar-refractivity contribution < 1.29 is 5.11 Å². The molecule has 0 spiro atoms. The van der Waals surface area contributed by atoms with Crippen LogP contribution in [0.4, 0.5) is 0 Å². The maximum Gasteiger partial charge on any atom is 0.119 e. The number of hydrogen-bond donors (Lipinski definition) is 1. The Bertz CT molecular complexity index is 374. The first-order chi connectivity index (χ1) is 8.95. The van der Waals surface area contributed by atoms with E-state index in [4.69, 9.17) is 0 Å². The highest BCUT2D eigenvalue weighted by Crippen LogP contribution is 2.31. The van der Waals surface area contributed by atoms with Crippen molar-refractivity contribution in [2.45, 2.75) is 78.1 Å². The summed E-state index contributed by atoms with van der Waals surface area (Å²) >= 11 is 0. The monoisotopic (exact) mass is 262 g/mol. The minimum absolute atomic E-state index is 0.0151. The first-order valence-electron chi connectivity index (χ1n) is 7.77. The third-order valence-corrected chi connectivity index (χ3v) is 3.69. The van der Waals surface area contributed by atoms with Crippen LogP contribution in [0.1, 0.15) is 77.3 Å². The topological polar surface area (TPSA) is 20.2 Å². The molecule has 1 aromatic carbocycles. The van der Waals surface area contributed by atoms with E-state index in [0.717, 1.165) is 12.0 Å². The van der Waals surface area contributed by atoms with Crippen molar-refractivity contribution in [3.63, 3.8) is 0 Å². The summed E-state index contributed by atoms with van der Waals surface area (Å²) in [5.74, 6) is 0.430. The van der Waals surface area contributed by atoms with Crippen LogP contribution < -0.4 is 0 Å². The molecule has 1 heteroatoms. The second kappa shape index (κ2) is 7.57. The van der Waals surface area contributed by atoms with Gasteiger partial charge in [-0.05, 0) is 35.4 Å². The lowest BCUT2D eigenvalue weighted by atomic mass is 9.85. The summed E-state index contributed by atoms with van der Waals surface area (Å²) in [7, 11) is 0. The largest absolute Gasteiger partial charge is 0.508 e. The van der Waals surface area contributed by atoms with Gasteiger partial charge in [0.2, 0.25) is 0 Å². The van der Waals surface area contributed by atoms with Gasteiger partial charge in [0.25, 0.3) is 0 Å². The minimum atomic E-state index is 0.0151. The number of aryl methyl sites for hydroxylation is 1. The van der Waals surface area contributed by atoms with Gasteiger partial charge in [0.15, 0.2) is 0 Å². The molecule has 0 atom stereocenters. The summed E-state index contributed by atoms with van der Waals surface area (Å²) in [4.78, 5) is 0. The summed E-state index contributed by atoms with van der Waals surface area (Å²) in [6.07, 6.45) is 9.14. The van der Waals surface area contributed by atoms with E-state index in [9.17, 15) is 5.11 Å². The summed E-state index contributed by atoms with van der Waals surface area (Å²) in [6.45, 7) is 8.70. The van der Waals surface area contributed by atoms with E-state index < -0.39 is 0 Å². The van der Waals surface area contributed by atoms with Crippen LogP contribution in [0.5, 0.6) is 5.75 Å². The highest BCUT2D eigenvalue weighted by Gasteiger charge is 2.18. The number of aromatic hydroxyl groups is 1. The van der Waals surface area contributed by atoms with Gasteiger partial charge >= 0.3 is 0 Å². The van der Waals surface area contributed by atoms with Crippen molar-refractivity contribution in [2.24, 2.45) is 0 Å². The van der Waals surface area contributed by atoms with Crippen molar-refractivity contribution >= 4 is 0 Å². The summed E-state index contributed by atoms with van der Waals surface area (Å²) in [5, 5.41) is 9.94. The lowest BCUT2D eigenvalue weighted by Crippen LogP contribution is -2.11. The number of rotatable bonds is 7. The fraction of sp³-hybridized carbons (Fsp3) is 0.667. The SMILES string of the molecule is CCCCCCCCc1ccc(O)c(C(C)(C)C)c1. The zero-order valence-electron chi connectivity index (χ0n) is 13.1. The van der Waals surface area contributed by atoms with Crippen molar-refractivity contribution in [2.75, 3.05) is 0 Å². The molecule has 0 bridgehead atoms. The average molecular weight is 262 g/mol. The van der Waals surface area contributed by atoms with Crippen LogP contribution in [-0.2, 0) is 11.8 Å². The van der Waals surface area contributed by atoms with Crippen molar-refractivity contribution in [1.29, 1.82) is 0 Å². The van der Waals surface area contributed by atoms with Crippen LogP contribution in [0.25, 0.3) is 0 Å². The predicted molar refractivity (Wildman–Crippen MR) is 83.9 cm³/mol. The number of unbranched alkanes of at least 4 members (excludes halogenated alkanes) is 5. The zero-order valence-corrected chi connectivity index (χ0v) is 13.1. The van der Waals surface area contributed by atoms with Crippen molar-refractivity contribution in [1.82, 2.24) is 0 Å². The summed E-state index contributed by atoms with van der Waals surface area (Å²) < 4.78 is 0. The van der Waals surface area contributed by atoms with Crippen LogP contribution in [0.3, 0.4) is 0 Å². The van der Waals surface area contributed by atoms with Crippen LogP contribution in [0.2, 0.25) is 0 Å². The molecule has 0 saturated carbocycles. The molecule has 0 amide bonds. The van der Waals surface area contributed by atoms with Crippen LogP contribution >= 0.6 is 0 Å². The van der Waals surface area contributed by atoms with E-state index in [1.165, 1.54) is 44.1 Å². The van der Waals surface area contributed by atoms with Gasteiger partial charge in [0, 0.05) is 0 Å².